The van der Waals surface area contributed by atoms with E-state index >= 15 is 0 Å². The van der Waals surface area contributed by atoms with Crippen molar-refractivity contribution in [3.8, 4) is 56.9 Å². The van der Waals surface area contributed by atoms with Crippen LogP contribution in [0.3, 0.4) is 0 Å². The van der Waals surface area contributed by atoms with Gasteiger partial charge in [-0.25, -0.2) is 19.9 Å². The summed E-state index contributed by atoms with van der Waals surface area (Å²) in [7, 11) is -2.24. The van der Waals surface area contributed by atoms with Gasteiger partial charge >= 0.3 is 0 Å². The second-order valence-electron chi connectivity index (χ2n) is 18.6. The minimum Gasteiger partial charge on any atom is -0.294 e. The predicted molar refractivity (Wildman–Crippen MR) is 308 cm³/mol. The van der Waals surface area contributed by atoms with Crippen molar-refractivity contribution >= 4 is 53.6 Å². The van der Waals surface area contributed by atoms with Crippen molar-refractivity contribution in [2.24, 2.45) is 0 Å². The van der Waals surface area contributed by atoms with E-state index < -0.39 is 10.0 Å². The van der Waals surface area contributed by atoms with Crippen LogP contribution in [-0.4, -0.2) is 29.1 Å². The first kappa shape index (κ1) is 44.0. The quantitative estimate of drug-likeness (QED) is 0.137. The van der Waals surface area contributed by atoms with Gasteiger partial charge in [-0.15, -0.1) is 10.0 Å². The summed E-state index contributed by atoms with van der Waals surface area (Å²) in [6, 6.07) is 99.2. The van der Waals surface area contributed by atoms with E-state index in [0.717, 1.165) is 77.1 Å². The van der Waals surface area contributed by atoms with Crippen molar-refractivity contribution in [1.82, 2.24) is 29.1 Å². The first-order valence-corrected chi connectivity index (χ1v) is 26.8. The fraction of sp³-hybridized carbons (Fsp3) is 0. The maximum atomic E-state index is 5.51. The average molecular weight is 979 g/mol. The van der Waals surface area contributed by atoms with Crippen LogP contribution >= 0.6 is 10.0 Å². The van der Waals surface area contributed by atoms with E-state index in [0.29, 0.717) is 11.6 Å². The molecule has 0 aliphatic rings. The molecule has 75 heavy (non-hydrogen) atoms. The van der Waals surface area contributed by atoms with Gasteiger partial charge in [0.2, 0.25) is 0 Å². The second-order valence-corrected chi connectivity index (χ2v) is 21.7. The molecule has 0 aliphatic heterocycles. The van der Waals surface area contributed by atoms with Crippen LogP contribution in [0.2, 0.25) is 0 Å². The Morgan fingerprint density at radius 1 is 0.240 bits per heavy atom. The molecule has 0 fully saturated rings. The Labute approximate surface area is 435 Å². The highest BCUT2D eigenvalue weighted by molar-refractivity contribution is 8.34. The van der Waals surface area contributed by atoms with E-state index in [1.165, 1.54) is 31.3 Å². The van der Waals surface area contributed by atoms with Crippen LogP contribution in [0.5, 0.6) is 0 Å². The molecule has 0 spiro atoms. The molecule has 10 aromatic carbocycles. The summed E-state index contributed by atoms with van der Waals surface area (Å²) in [6.07, 6.45) is 0. The van der Waals surface area contributed by atoms with Crippen LogP contribution in [0.15, 0.2) is 299 Å². The number of hydrogen-bond donors (Lipinski definition) is 0. The standard InChI is InChI=1S/C68H46N6S/c1-5-23-47(24-6-1)59-45-65(73-61-39-17-13-35-55(61)56-36-14-18-40-62(56)73)71-67(69-59)49-27-21-33-53(43-49)75(51-29-9-3-10-30-51,52-31-11-4-12-32-52)54-34-22-28-50(44-54)68-70-60(48-25-7-2-8-26-48)46-66(72-68)74-63-41-19-15-37-57(63)58-38-16-20-42-64(58)74/h1-46H. The van der Waals surface area contributed by atoms with Crippen molar-refractivity contribution in [3.05, 3.63) is 279 Å². The van der Waals surface area contributed by atoms with Gasteiger partial charge < -0.3 is 0 Å². The van der Waals surface area contributed by atoms with Gasteiger partial charge in [0.25, 0.3) is 0 Å². The lowest BCUT2D eigenvalue weighted by Crippen LogP contribution is -2.07. The SMILES string of the molecule is c1ccc(-c2cc(-n3c4ccccc4c4ccccc43)nc(-c3cccc(S(c4ccccc4)(c4ccccc4)c4cccc(-c5nc(-c6ccccc6)cc(-n6c7ccccc7c7ccccc76)n5)c4)c3)n2)cc1. The molecule has 0 aliphatic carbocycles. The third-order valence-corrected chi connectivity index (χ3v) is 18.1. The minimum absolute atomic E-state index is 0.641. The van der Waals surface area contributed by atoms with Gasteiger partial charge in [0.1, 0.15) is 11.6 Å². The van der Waals surface area contributed by atoms with E-state index in [-0.39, 0.29) is 0 Å². The Bertz CT molecular complexity index is 4030. The first-order valence-electron chi connectivity index (χ1n) is 25.2. The molecular weight excluding hydrogens is 933 g/mol. The highest BCUT2D eigenvalue weighted by atomic mass is 32.3. The summed E-state index contributed by atoms with van der Waals surface area (Å²) in [5.41, 5.74) is 9.93. The van der Waals surface area contributed by atoms with Crippen LogP contribution in [0.1, 0.15) is 0 Å². The number of rotatable bonds is 10. The minimum atomic E-state index is -2.24. The van der Waals surface area contributed by atoms with Crippen LogP contribution in [0.25, 0.3) is 101 Å². The summed E-state index contributed by atoms with van der Waals surface area (Å²) in [5, 5.41) is 4.71. The molecule has 7 heteroatoms. The molecule has 14 aromatic rings. The Kier molecular flexibility index (Phi) is 10.8. The van der Waals surface area contributed by atoms with E-state index in [1.54, 1.807) is 0 Å². The topological polar surface area (TPSA) is 61.4 Å². The van der Waals surface area contributed by atoms with Gasteiger partial charge in [-0.1, -0.05) is 194 Å². The van der Waals surface area contributed by atoms with Crippen LogP contribution in [0.4, 0.5) is 0 Å². The molecule has 4 aromatic heterocycles. The normalized spacial score (nSPS) is 11.9. The summed E-state index contributed by atoms with van der Waals surface area (Å²) >= 11 is 0. The summed E-state index contributed by atoms with van der Waals surface area (Å²) < 4.78 is 4.56. The predicted octanol–water partition coefficient (Wildman–Crippen LogP) is 17.5. The maximum Gasteiger partial charge on any atom is 0.162 e. The molecule has 0 bridgehead atoms. The van der Waals surface area contributed by atoms with Gasteiger partial charge in [-0.05, 0) is 72.8 Å². The van der Waals surface area contributed by atoms with Crippen molar-refractivity contribution in [1.29, 1.82) is 0 Å². The highest BCUT2D eigenvalue weighted by Crippen LogP contribution is 2.73. The third kappa shape index (κ3) is 7.51. The fourth-order valence-electron chi connectivity index (χ4n) is 10.9. The monoisotopic (exact) mass is 978 g/mol. The molecule has 14 rings (SSSR count). The summed E-state index contributed by atoms with van der Waals surface area (Å²) in [4.78, 5) is 26.5. The van der Waals surface area contributed by atoms with E-state index in [9.17, 15) is 0 Å². The Morgan fingerprint density at radius 3 is 0.893 bits per heavy atom. The molecule has 0 saturated heterocycles. The molecule has 0 unspecified atom stereocenters. The number of benzene rings is 10. The largest absolute Gasteiger partial charge is 0.294 e. The van der Waals surface area contributed by atoms with Crippen molar-refractivity contribution in [2.75, 3.05) is 0 Å². The smallest absolute Gasteiger partial charge is 0.162 e. The molecule has 0 amide bonds. The second kappa shape index (κ2) is 18.4. The zero-order valence-corrected chi connectivity index (χ0v) is 41.5. The Balaban J connectivity index is 0.994. The molecule has 6 nitrogen and oxygen atoms in total. The van der Waals surface area contributed by atoms with Gasteiger partial charge in [0.05, 0.1) is 33.5 Å². The van der Waals surface area contributed by atoms with Crippen LogP contribution in [0, 0.1) is 0 Å². The summed E-state index contributed by atoms with van der Waals surface area (Å²) in [5.74, 6) is 2.89. The number of aromatic nitrogens is 6. The molecule has 0 atom stereocenters. The van der Waals surface area contributed by atoms with Gasteiger partial charge in [0.15, 0.2) is 11.6 Å². The number of nitrogens with zero attached hydrogens (tertiary/aromatic N) is 6. The molecule has 0 radical (unpaired) electrons. The maximum absolute atomic E-state index is 5.51. The zero-order valence-electron chi connectivity index (χ0n) is 40.6. The van der Waals surface area contributed by atoms with E-state index in [1.807, 2.05) is 12.1 Å². The van der Waals surface area contributed by atoms with Crippen LogP contribution < -0.4 is 0 Å². The summed E-state index contributed by atoms with van der Waals surface area (Å²) in [6.45, 7) is 0. The van der Waals surface area contributed by atoms with Crippen LogP contribution in [-0.2, 0) is 0 Å². The number of hydrogen-bond acceptors (Lipinski definition) is 4. The number of fused-ring (bicyclic) bond motifs is 6. The molecule has 354 valence electrons. The van der Waals surface area contributed by atoms with Gasteiger partial charge in [0, 0.05) is 75.5 Å². The number of para-hydroxylation sites is 4. The average Bonchev–Trinajstić information content (AvgIpc) is 4.02. The van der Waals surface area contributed by atoms with Crippen molar-refractivity contribution in [3.63, 3.8) is 0 Å². The molecule has 4 heterocycles. The Hall–Kier alpha value is -9.69. The lowest BCUT2D eigenvalue weighted by molar-refractivity contribution is 1.05. The van der Waals surface area contributed by atoms with Crippen molar-refractivity contribution in [2.45, 2.75) is 19.6 Å². The highest BCUT2D eigenvalue weighted by Gasteiger charge is 2.34. The molecule has 0 saturated carbocycles. The van der Waals surface area contributed by atoms with E-state index in [4.69, 9.17) is 19.9 Å². The Morgan fingerprint density at radius 2 is 0.533 bits per heavy atom. The first-order chi connectivity index (χ1) is 37.2. The lowest BCUT2D eigenvalue weighted by Gasteiger charge is -2.42. The molecular formula is C68H46N6S. The fourth-order valence-corrected chi connectivity index (χ4v) is 14.9. The van der Waals surface area contributed by atoms with Crippen molar-refractivity contribution < 1.29 is 0 Å². The van der Waals surface area contributed by atoms with Gasteiger partial charge in [-0.3, -0.25) is 9.13 Å². The van der Waals surface area contributed by atoms with Gasteiger partial charge in [-0.2, -0.15) is 0 Å². The lowest BCUT2D eigenvalue weighted by atomic mass is 10.1. The zero-order chi connectivity index (χ0) is 49.7. The molecule has 0 N–H and O–H groups in total. The van der Waals surface area contributed by atoms with E-state index in [2.05, 4.69) is 276 Å². The third-order valence-electron chi connectivity index (χ3n) is 14.3.